The van der Waals surface area contributed by atoms with E-state index in [9.17, 15) is 9.59 Å². The minimum absolute atomic E-state index is 0.00274. The molecule has 5 heteroatoms. The van der Waals surface area contributed by atoms with Gasteiger partial charge in [-0.15, -0.1) is 0 Å². The third kappa shape index (κ3) is 8.08. The van der Waals surface area contributed by atoms with Gasteiger partial charge in [0.25, 0.3) is 0 Å². The molecule has 0 fully saturated rings. The molecule has 2 aromatic rings. The second-order valence-electron chi connectivity index (χ2n) is 7.82. The van der Waals surface area contributed by atoms with Crippen LogP contribution in [0.3, 0.4) is 0 Å². The largest absolute Gasteiger partial charge is 0.497 e. The fourth-order valence-corrected chi connectivity index (χ4v) is 3.54. The van der Waals surface area contributed by atoms with Gasteiger partial charge >= 0.3 is 0 Å². The summed E-state index contributed by atoms with van der Waals surface area (Å²) in [4.78, 5) is 28.1. The van der Waals surface area contributed by atoms with Gasteiger partial charge < -0.3 is 15.0 Å². The van der Waals surface area contributed by atoms with Gasteiger partial charge in [0.05, 0.1) is 7.11 Å². The summed E-state index contributed by atoms with van der Waals surface area (Å²) in [6.45, 7) is 5.15. The number of hydrogen-bond donors (Lipinski definition) is 1. The smallest absolute Gasteiger partial charge is 0.243 e. The van der Waals surface area contributed by atoms with Crippen LogP contribution in [0.1, 0.15) is 57.1 Å². The van der Waals surface area contributed by atoms with Gasteiger partial charge in [-0.1, -0.05) is 69.2 Å². The molecule has 1 N–H and O–H groups in total. The Bertz CT molecular complexity index is 790. The molecule has 0 aliphatic carbocycles. The van der Waals surface area contributed by atoms with Crippen LogP contribution in [0, 0.1) is 0 Å². The average Bonchev–Trinajstić information content (AvgIpc) is 2.80. The first-order chi connectivity index (χ1) is 15.1. The molecule has 31 heavy (non-hydrogen) atoms. The van der Waals surface area contributed by atoms with Crippen molar-refractivity contribution in [2.45, 2.75) is 65.0 Å². The van der Waals surface area contributed by atoms with Crippen LogP contribution in [-0.2, 0) is 22.6 Å². The maximum absolute atomic E-state index is 13.2. The normalized spacial score (nSPS) is 11.6. The van der Waals surface area contributed by atoms with Crippen LogP contribution in [0.2, 0.25) is 0 Å². The Morgan fingerprint density at radius 2 is 1.65 bits per heavy atom. The maximum atomic E-state index is 13.2. The number of carbonyl (C=O) groups excluding carboxylic acids is 2. The van der Waals surface area contributed by atoms with E-state index in [0.717, 1.165) is 42.6 Å². The van der Waals surface area contributed by atoms with Gasteiger partial charge in [-0.05, 0) is 36.1 Å². The monoisotopic (exact) mass is 424 g/mol. The summed E-state index contributed by atoms with van der Waals surface area (Å²) in [5.74, 6) is 0.686. The number of methoxy groups -OCH3 is 1. The van der Waals surface area contributed by atoms with E-state index in [2.05, 4.69) is 12.2 Å². The van der Waals surface area contributed by atoms with E-state index in [0.29, 0.717) is 25.9 Å². The van der Waals surface area contributed by atoms with Crippen molar-refractivity contribution in [3.63, 3.8) is 0 Å². The highest BCUT2D eigenvalue weighted by Gasteiger charge is 2.29. The lowest BCUT2D eigenvalue weighted by Crippen LogP contribution is -2.50. The lowest BCUT2D eigenvalue weighted by atomic mass is 10.0. The van der Waals surface area contributed by atoms with Crippen LogP contribution in [0.25, 0.3) is 0 Å². The van der Waals surface area contributed by atoms with Gasteiger partial charge in [0, 0.05) is 25.9 Å². The van der Waals surface area contributed by atoms with E-state index in [1.807, 2.05) is 61.5 Å². The van der Waals surface area contributed by atoms with Crippen molar-refractivity contribution in [2.75, 3.05) is 13.7 Å². The molecule has 0 bridgehead atoms. The lowest BCUT2D eigenvalue weighted by Gasteiger charge is -2.31. The molecule has 0 aliphatic rings. The van der Waals surface area contributed by atoms with E-state index in [4.69, 9.17) is 4.74 Å². The van der Waals surface area contributed by atoms with Crippen LogP contribution >= 0.6 is 0 Å². The standard InChI is InChI=1S/C26H36N2O3/c1-4-6-10-18-27-26(30)24(19-21-12-8-7-9-13-21)28(25(29)11-5-2)20-22-14-16-23(31-3)17-15-22/h7-9,12-17,24H,4-6,10-11,18-20H2,1-3H3,(H,27,30)/t24-/m0/s1. The van der Waals surface area contributed by atoms with Crippen molar-refractivity contribution in [1.29, 1.82) is 0 Å². The Kier molecular flexibility index (Phi) is 10.6. The summed E-state index contributed by atoms with van der Waals surface area (Å²) in [5, 5.41) is 3.07. The Balaban J connectivity index is 2.28. The number of ether oxygens (including phenoxy) is 1. The summed E-state index contributed by atoms with van der Waals surface area (Å²) in [6.07, 6.45) is 4.78. The summed E-state index contributed by atoms with van der Waals surface area (Å²) in [6, 6.07) is 17.0. The molecule has 0 saturated heterocycles. The number of unbranched alkanes of at least 4 members (excludes halogenated alkanes) is 2. The molecular weight excluding hydrogens is 388 g/mol. The third-order valence-electron chi connectivity index (χ3n) is 5.33. The Hall–Kier alpha value is -2.82. The zero-order chi connectivity index (χ0) is 22.5. The van der Waals surface area contributed by atoms with E-state index >= 15 is 0 Å². The summed E-state index contributed by atoms with van der Waals surface area (Å²) < 4.78 is 5.24. The first kappa shape index (κ1) is 24.4. The molecular formula is C26H36N2O3. The number of hydrogen-bond acceptors (Lipinski definition) is 3. The molecule has 0 aromatic heterocycles. The maximum Gasteiger partial charge on any atom is 0.243 e. The van der Waals surface area contributed by atoms with Crippen LogP contribution in [-0.4, -0.2) is 36.4 Å². The number of amides is 2. The molecule has 0 spiro atoms. The number of carbonyl (C=O) groups is 2. The molecule has 2 amide bonds. The zero-order valence-electron chi connectivity index (χ0n) is 19.1. The molecule has 5 nitrogen and oxygen atoms in total. The van der Waals surface area contributed by atoms with Gasteiger partial charge in [0.2, 0.25) is 11.8 Å². The molecule has 0 saturated carbocycles. The van der Waals surface area contributed by atoms with Gasteiger partial charge in [-0.25, -0.2) is 0 Å². The molecule has 0 aliphatic heterocycles. The fourth-order valence-electron chi connectivity index (χ4n) is 3.54. The second kappa shape index (κ2) is 13.5. The Morgan fingerprint density at radius 3 is 2.26 bits per heavy atom. The predicted octanol–water partition coefficient (Wildman–Crippen LogP) is 4.74. The third-order valence-corrected chi connectivity index (χ3v) is 5.33. The van der Waals surface area contributed by atoms with Gasteiger partial charge in [0.1, 0.15) is 11.8 Å². The minimum atomic E-state index is -0.551. The van der Waals surface area contributed by atoms with Crippen LogP contribution in [0.15, 0.2) is 54.6 Å². The molecule has 2 aromatic carbocycles. The van der Waals surface area contributed by atoms with Crippen LogP contribution in [0.4, 0.5) is 0 Å². The minimum Gasteiger partial charge on any atom is -0.497 e. The van der Waals surface area contributed by atoms with Gasteiger partial charge in [0.15, 0.2) is 0 Å². The molecule has 2 rings (SSSR count). The number of nitrogens with zero attached hydrogens (tertiary/aromatic N) is 1. The van der Waals surface area contributed by atoms with Crippen LogP contribution in [0.5, 0.6) is 5.75 Å². The van der Waals surface area contributed by atoms with Crippen molar-refractivity contribution in [1.82, 2.24) is 10.2 Å². The van der Waals surface area contributed by atoms with Crippen molar-refractivity contribution in [3.05, 3.63) is 65.7 Å². The molecule has 0 unspecified atom stereocenters. The van der Waals surface area contributed by atoms with Gasteiger partial charge in [-0.3, -0.25) is 9.59 Å². The summed E-state index contributed by atoms with van der Waals surface area (Å²) in [7, 11) is 1.63. The number of nitrogens with one attached hydrogen (secondary N) is 1. The highest BCUT2D eigenvalue weighted by molar-refractivity contribution is 5.88. The van der Waals surface area contributed by atoms with E-state index < -0.39 is 6.04 Å². The zero-order valence-corrected chi connectivity index (χ0v) is 19.1. The Labute approximate surface area is 186 Å². The average molecular weight is 425 g/mol. The van der Waals surface area contributed by atoms with E-state index in [1.165, 1.54) is 0 Å². The van der Waals surface area contributed by atoms with Crippen molar-refractivity contribution in [2.24, 2.45) is 0 Å². The van der Waals surface area contributed by atoms with Crippen molar-refractivity contribution in [3.8, 4) is 5.75 Å². The predicted molar refractivity (Wildman–Crippen MR) is 125 cm³/mol. The quantitative estimate of drug-likeness (QED) is 0.473. The number of benzene rings is 2. The first-order valence-corrected chi connectivity index (χ1v) is 11.3. The topological polar surface area (TPSA) is 58.6 Å². The van der Waals surface area contributed by atoms with Crippen molar-refractivity contribution >= 4 is 11.8 Å². The van der Waals surface area contributed by atoms with Gasteiger partial charge in [-0.2, -0.15) is 0 Å². The second-order valence-corrected chi connectivity index (χ2v) is 7.82. The van der Waals surface area contributed by atoms with Crippen LogP contribution < -0.4 is 10.1 Å². The SMILES string of the molecule is CCCCCNC(=O)[C@H](Cc1ccccc1)N(Cc1ccc(OC)cc1)C(=O)CCC. The highest BCUT2D eigenvalue weighted by Crippen LogP contribution is 2.18. The van der Waals surface area contributed by atoms with E-state index in [1.54, 1.807) is 12.0 Å². The summed E-state index contributed by atoms with van der Waals surface area (Å²) >= 11 is 0. The number of rotatable bonds is 13. The lowest BCUT2D eigenvalue weighted by molar-refractivity contribution is -0.141. The fraction of sp³-hybridized carbons (Fsp3) is 0.462. The summed E-state index contributed by atoms with van der Waals surface area (Å²) in [5.41, 5.74) is 2.02. The van der Waals surface area contributed by atoms with E-state index in [-0.39, 0.29) is 11.8 Å². The molecule has 0 heterocycles. The molecule has 1 atom stereocenters. The molecule has 168 valence electrons. The Morgan fingerprint density at radius 1 is 0.935 bits per heavy atom. The molecule has 0 radical (unpaired) electrons. The highest BCUT2D eigenvalue weighted by atomic mass is 16.5. The van der Waals surface area contributed by atoms with Crippen molar-refractivity contribution < 1.29 is 14.3 Å². The first-order valence-electron chi connectivity index (χ1n) is 11.3.